The topological polar surface area (TPSA) is 84.5 Å². The standard InChI is InChI=1S/C16H26N4O3/c1-4-22-9-10-23-12(3)16(21)18-15-11(2)14(19-20-15)13-5-7-17-8-6-13/h5-8,11-12,14-15,19-20H,4,9-10H2,1-3H3,(H,18,21). The van der Waals surface area contributed by atoms with E-state index in [0.717, 1.165) is 5.56 Å². The lowest BCUT2D eigenvalue weighted by Crippen LogP contribution is -2.49. The van der Waals surface area contributed by atoms with Gasteiger partial charge in [0, 0.05) is 24.9 Å². The highest BCUT2D eigenvalue weighted by Crippen LogP contribution is 2.26. The fraction of sp³-hybridized carbons (Fsp3) is 0.625. The molecule has 2 rings (SSSR count). The van der Waals surface area contributed by atoms with Crippen molar-refractivity contribution < 1.29 is 14.3 Å². The van der Waals surface area contributed by atoms with Crippen LogP contribution in [0.4, 0.5) is 0 Å². The number of amides is 1. The van der Waals surface area contributed by atoms with Crippen molar-refractivity contribution in [3.05, 3.63) is 30.1 Å². The minimum atomic E-state index is -0.510. The van der Waals surface area contributed by atoms with E-state index in [1.807, 2.05) is 19.1 Å². The summed E-state index contributed by atoms with van der Waals surface area (Å²) in [5.41, 5.74) is 7.49. The van der Waals surface area contributed by atoms with Gasteiger partial charge in [-0.3, -0.25) is 9.78 Å². The molecule has 3 N–H and O–H groups in total. The zero-order chi connectivity index (χ0) is 16.7. The Morgan fingerprint density at radius 3 is 2.78 bits per heavy atom. The third kappa shape index (κ3) is 4.97. The monoisotopic (exact) mass is 322 g/mol. The number of carbonyl (C=O) groups is 1. The number of hydrogen-bond acceptors (Lipinski definition) is 6. The fourth-order valence-electron chi connectivity index (χ4n) is 2.53. The van der Waals surface area contributed by atoms with Gasteiger partial charge in [0.15, 0.2) is 0 Å². The summed E-state index contributed by atoms with van der Waals surface area (Å²) in [4.78, 5) is 16.2. The fourth-order valence-corrected chi connectivity index (χ4v) is 2.53. The van der Waals surface area contributed by atoms with Gasteiger partial charge in [0.1, 0.15) is 6.10 Å². The molecule has 1 aliphatic rings. The lowest BCUT2D eigenvalue weighted by molar-refractivity contribution is -0.133. The quantitative estimate of drug-likeness (QED) is 0.613. The molecule has 0 bridgehead atoms. The predicted octanol–water partition coefficient (Wildman–Crippen LogP) is 0.751. The van der Waals surface area contributed by atoms with Gasteiger partial charge in [0.25, 0.3) is 0 Å². The number of nitrogens with one attached hydrogen (secondary N) is 3. The van der Waals surface area contributed by atoms with Crippen LogP contribution in [0.2, 0.25) is 0 Å². The molecular formula is C16H26N4O3. The molecule has 2 heterocycles. The minimum Gasteiger partial charge on any atom is -0.379 e. The van der Waals surface area contributed by atoms with E-state index < -0.39 is 6.10 Å². The molecular weight excluding hydrogens is 296 g/mol. The number of ether oxygens (including phenoxy) is 2. The van der Waals surface area contributed by atoms with Crippen LogP contribution in [-0.2, 0) is 14.3 Å². The van der Waals surface area contributed by atoms with E-state index in [9.17, 15) is 4.79 Å². The zero-order valence-electron chi connectivity index (χ0n) is 13.9. The summed E-state index contributed by atoms with van der Waals surface area (Å²) in [6.07, 6.45) is 2.87. The van der Waals surface area contributed by atoms with Gasteiger partial charge < -0.3 is 14.8 Å². The molecule has 0 aliphatic carbocycles. The highest BCUT2D eigenvalue weighted by Gasteiger charge is 2.34. The van der Waals surface area contributed by atoms with E-state index in [4.69, 9.17) is 9.47 Å². The summed E-state index contributed by atoms with van der Waals surface area (Å²) in [7, 11) is 0. The van der Waals surface area contributed by atoms with Crippen LogP contribution in [0.3, 0.4) is 0 Å². The van der Waals surface area contributed by atoms with Crippen molar-refractivity contribution in [3.8, 4) is 0 Å². The summed E-state index contributed by atoms with van der Waals surface area (Å²) in [6.45, 7) is 7.31. The summed E-state index contributed by atoms with van der Waals surface area (Å²) in [5, 5.41) is 2.98. The second-order valence-corrected chi connectivity index (χ2v) is 5.60. The first-order valence-electron chi connectivity index (χ1n) is 8.04. The van der Waals surface area contributed by atoms with Crippen LogP contribution < -0.4 is 16.2 Å². The lowest BCUT2D eigenvalue weighted by Gasteiger charge is -2.21. The molecule has 1 fully saturated rings. The van der Waals surface area contributed by atoms with Crippen LogP contribution in [0, 0.1) is 5.92 Å². The molecule has 1 aromatic rings. The van der Waals surface area contributed by atoms with Crippen molar-refractivity contribution in [2.24, 2.45) is 5.92 Å². The van der Waals surface area contributed by atoms with Crippen molar-refractivity contribution in [1.29, 1.82) is 0 Å². The zero-order valence-corrected chi connectivity index (χ0v) is 13.9. The van der Waals surface area contributed by atoms with Crippen molar-refractivity contribution >= 4 is 5.91 Å². The third-order valence-electron chi connectivity index (χ3n) is 3.98. The Kier molecular flexibility index (Phi) is 6.91. The van der Waals surface area contributed by atoms with Crippen LogP contribution >= 0.6 is 0 Å². The summed E-state index contributed by atoms with van der Waals surface area (Å²) < 4.78 is 10.7. The third-order valence-corrected chi connectivity index (χ3v) is 3.98. The van der Waals surface area contributed by atoms with E-state index >= 15 is 0 Å². The maximum Gasteiger partial charge on any atom is 0.250 e. The SMILES string of the molecule is CCOCCOC(C)C(=O)NC1NNC(c2ccncc2)C1C. The molecule has 4 unspecified atom stereocenters. The number of hydrazine groups is 1. The minimum absolute atomic E-state index is 0.123. The number of hydrogen-bond donors (Lipinski definition) is 3. The van der Waals surface area contributed by atoms with Crippen molar-refractivity contribution in [2.75, 3.05) is 19.8 Å². The first kappa shape index (κ1) is 17.8. The van der Waals surface area contributed by atoms with Crippen molar-refractivity contribution in [2.45, 2.75) is 39.1 Å². The molecule has 7 nitrogen and oxygen atoms in total. The number of rotatable bonds is 8. The second kappa shape index (κ2) is 8.93. The molecule has 0 saturated carbocycles. The van der Waals surface area contributed by atoms with E-state index in [1.165, 1.54) is 0 Å². The van der Waals surface area contributed by atoms with Gasteiger partial charge in [-0.1, -0.05) is 6.92 Å². The Bertz CT molecular complexity index is 485. The molecule has 23 heavy (non-hydrogen) atoms. The highest BCUT2D eigenvalue weighted by molar-refractivity contribution is 5.80. The number of nitrogens with zero attached hydrogens (tertiary/aromatic N) is 1. The van der Waals surface area contributed by atoms with Gasteiger partial charge in [-0.2, -0.15) is 0 Å². The summed E-state index contributed by atoms with van der Waals surface area (Å²) in [6, 6.07) is 4.07. The summed E-state index contributed by atoms with van der Waals surface area (Å²) in [5.74, 6) is 0.0556. The number of carbonyl (C=O) groups excluding carboxylic acids is 1. The molecule has 0 aromatic carbocycles. The molecule has 1 aliphatic heterocycles. The van der Waals surface area contributed by atoms with Crippen molar-refractivity contribution in [3.63, 3.8) is 0 Å². The second-order valence-electron chi connectivity index (χ2n) is 5.60. The van der Waals surface area contributed by atoms with Crippen LogP contribution in [0.1, 0.15) is 32.4 Å². The molecule has 1 saturated heterocycles. The molecule has 0 spiro atoms. The maximum atomic E-state index is 12.2. The molecule has 7 heteroatoms. The smallest absolute Gasteiger partial charge is 0.250 e. The van der Waals surface area contributed by atoms with E-state index in [-0.39, 0.29) is 24.0 Å². The van der Waals surface area contributed by atoms with Gasteiger partial charge in [-0.15, -0.1) is 0 Å². The molecule has 0 radical (unpaired) electrons. The number of pyridine rings is 1. The lowest BCUT2D eigenvalue weighted by atomic mass is 9.95. The van der Waals surface area contributed by atoms with Crippen LogP contribution in [0.25, 0.3) is 0 Å². The van der Waals surface area contributed by atoms with Crippen LogP contribution in [0.5, 0.6) is 0 Å². The van der Waals surface area contributed by atoms with Crippen LogP contribution in [-0.4, -0.2) is 43.0 Å². The molecule has 4 atom stereocenters. The van der Waals surface area contributed by atoms with Gasteiger partial charge in [-0.05, 0) is 31.5 Å². The largest absolute Gasteiger partial charge is 0.379 e. The molecule has 1 amide bonds. The van der Waals surface area contributed by atoms with Gasteiger partial charge in [-0.25, -0.2) is 10.9 Å². The van der Waals surface area contributed by atoms with E-state index in [2.05, 4.69) is 28.1 Å². The molecule has 1 aromatic heterocycles. The Balaban J connectivity index is 1.80. The van der Waals surface area contributed by atoms with Crippen molar-refractivity contribution in [1.82, 2.24) is 21.2 Å². The van der Waals surface area contributed by atoms with Gasteiger partial charge >= 0.3 is 0 Å². The first-order valence-corrected chi connectivity index (χ1v) is 8.04. The van der Waals surface area contributed by atoms with E-state index in [1.54, 1.807) is 19.3 Å². The Morgan fingerprint density at radius 2 is 2.09 bits per heavy atom. The average Bonchev–Trinajstić information content (AvgIpc) is 2.93. The Hall–Kier alpha value is -1.54. The van der Waals surface area contributed by atoms with Crippen LogP contribution in [0.15, 0.2) is 24.5 Å². The average molecular weight is 322 g/mol. The van der Waals surface area contributed by atoms with Gasteiger partial charge in [0.05, 0.1) is 25.4 Å². The van der Waals surface area contributed by atoms with E-state index in [0.29, 0.717) is 19.8 Å². The first-order chi connectivity index (χ1) is 11.1. The highest BCUT2D eigenvalue weighted by atomic mass is 16.5. The van der Waals surface area contributed by atoms with Gasteiger partial charge in [0.2, 0.25) is 5.91 Å². The Labute approximate surface area is 137 Å². The molecule has 128 valence electrons. The summed E-state index contributed by atoms with van der Waals surface area (Å²) >= 11 is 0. The predicted molar refractivity (Wildman–Crippen MR) is 86.3 cm³/mol. The Morgan fingerprint density at radius 1 is 1.35 bits per heavy atom. The normalized spacial score (nSPS) is 25.3. The maximum absolute atomic E-state index is 12.2. The number of aromatic nitrogens is 1.